The van der Waals surface area contributed by atoms with Gasteiger partial charge in [-0.25, -0.2) is 4.98 Å². The van der Waals surface area contributed by atoms with E-state index in [1.807, 2.05) is 0 Å². The van der Waals surface area contributed by atoms with Crippen molar-refractivity contribution in [1.82, 2.24) is 9.88 Å². The molecule has 5 nitrogen and oxygen atoms in total. The van der Waals surface area contributed by atoms with Crippen molar-refractivity contribution in [3.8, 4) is 0 Å². The smallest absolute Gasteiger partial charge is 0.291 e. The number of alkyl halides is 1. The molecule has 90 valence electrons. The number of oxazole rings is 1. The van der Waals surface area contributed by atoms with Gasteiger partial charge >= 0.3 is 0 Å². The largest absolute Gasteiger partial charge is 0.438 e. The second-order valence-electron chi connectivity index (χ2n) is 3.24. The molecule has 1 heterocycles. The van der Waals surface area contributed by atoms with Gasteiger partial charge in [-0.3, -0.25) is 4.79 Å². The molecule has 0 radical (unpaired) electrons. The molecule has 0 saturated heterocycles. The van der Waals surface area contributed by atoms with Gasteiger partial charge < -0.3 is 14.1 Å². The number of nitrogens with zero attached hydrogens (tertiary/aromatic N) is 2. The van der Waals surface area contributed by atoms with Crippen LogP contribution in [0.4, 0.5) is 0 Å². The van der Waals surface area contributed by atoms with Crippen LogP contribution >= 0.6 is 11.6 Å². The van der Waals surface area contributed by atoms with E-state index in [2.05, 4.69) is 4.98 Å². The Morgan fingerprint density at radius 2 is 2.38 bits per heavy atom. The van der Waals surface area contributed by atoms with E-state index < -0.39 is 0 Å². The van der Waals surface area contributed by atoms with Crippen molar-refractivity contribution in [2.45, 2.75) is 6.92 Å². The first-order chi connectivity index (χ1) is 7.70. The standard InChI is InChI=1S/C10H15ClN2O3/c1-8-9(16-7-12-8)10(14)13(4-3-11)5-6-15-2/h7H,3-6H2,1-2H3. The van der Waals surface area contributed by atoms with Gasteiger partial charge in [0.05, 0.1) is 12.3 Å². The van der Waals surface area contributed by atoms with Crippen LogP contribution < -0.4 is 0 Å². The molecule has 1 aromatic heterocycles. The van der Waals surface area contributed by atoms with Crippen LogP contribution in [0.15, 0.2) is 10.8 Å². The first kappa shape index (κ1) is 13.0. The summed E-state index contributed by atoms with van der Waals surface area (Å²) < 4.78 is 9.98. The van der Waals surface area contributed by atoms with Gasteiger partial charge in [0.15, 0.2) is 6.39 Å². The molecule has 1 amide bonds. The topological polar surface area (TPSA) is 55.6 Å². The Kier molecular flexibility index (Phi) is 5.28. The first-order valence-electron chi connectivity index (χ1n) is 4.95. The second kappa shape index (κ2) is 6.50. The second-order valence-corrected chi connectivity index (χ2v) is 3.62. The van der Waals surface area contributed by atoms with Crippen LogP contribution in [0.25, 0.3) is 0 Å². The summed E-state index contributed by atoms with van der Waals surface area (Å²) in [5.41, 5.74) is 0.585. The van der Waals surface area contributed by atoms with E-state index in [0.29, 0.717) is 31.3 Å². The lowest BCUT2D eigenvalue weighted by Crippen LogP contribution is -2.35. The van der Waals surface area contributed by atoms with Crippen LogP contribution in [0.2, 0.25) is 0 Å². The number of methoxy groups -OCH3 is 1. The van der Waals surface area contributed by atoms with Gasteiger partial charge in [-0.2, -0.15) is 0 Å². The lowest BCUT2D eigenvalue weighted by molar-refractivity contribution is 0.0676. The Hall–Kier alpha value is -1.07. The van der Waals surface area contributed by atoms with E-state index in [4.69, 9.17) is 20.8 Å². The summed E-state index contributed by atoms with van der Waals surface area (Å²) in [5.74, 6) is 0.441. The minimum Gasteiger partial charge on any atom is -0.438 e. The van der Waals surface area contributed by atoms with Gasteiger partial charge in [0, 0.05) is 26.1 Å². The molecule has 0 aliphatic heterocycles. The molecule has 0 spiro atoms. The number of amides is 1. The summed E-state index contributed by atoms with van der Waals surface area (Å²) in [5, 5.41) is 0. The number of carbonyl (C=O) groups excluding carboxylic acids is 1. The zero-order chi connectivity index (χ0) is 12.0. The highest BCUT2D eigenvalue weighted by Gasteiger charge is 2.20. The molecule has 1 rings (SSSR count). The molecule has 0 aliphatic carbocycles. The fourth-order valence-corrected chi connectivity index (χ4v) is 1.47. The predicted octanol–water partition coefficient (Wildman–Crippen LogP) is 1.31. The molecule has 0 unspecified atom stereocenters. The maximum Gasteiger partial charge on any atom is 0.291 e. The Labute approximate surface area is 99.3 Å². The van der Waals surface area contributed by atoms with Crippen molar-refractivity contribution in [3.05, 3.63) is 17.8 Å². The molecule has 0 saturated carbocycles. The van der Waals surface area contributed by atoms with Crippen molar-refractivity contribution < 1.29 is 13.9 Å². The van der Waals surface area contributed by atoms with E-state index in [1.165, 1.54) is 6.39 Å². The molecule has 16 heavy (non-hydrogen) atoms. The maximum absolute atomic E-state index is 12.0. The monoisotopic (exact) mass is 246 g/mol. The zero-order valence-corrected chi connectivity index (χ0v) is 10.2. The number of hydrogen-bond donors (Lipinski definition) is 0. The van der Waals surface area contributed by atoms with Gasteiger partial charge in [-0.15, -0.1) is 11.6 Å². The van der Waals surface area contributed by atoms with Crippen LogP contribution in [-0.4, -0.2) is 48.5 Å². The molecule has 0 bridgehead atoms. The minimum atomic E-state index is -0.201. The fraction of sp³-hybridized carbons (Fsp3) is 0.600. The van der Waals surface area contributed by atoms with Crippen LogP contribution in [0.3, 0.4) is 0 Å². The van der Waals surface area contributed by atoms with E-state index in [-0.39, 0.29) is 11.7 Å². The lowest BCUT2D eigenvalue weighted by atomic mass is 10.3. The highest BCUT2D eigenvalue weighted by Crippen LogP contribution is 2.09. The SMILES string of the molecule is COCCN(CCCl)C(=O)c1ocnc1C. The van der Waals surface area contributed by atoms with Crippen LogP contribution in [0.5, 0.6) is 0 Å². The molecule has 0 atom stereocenters. The van der Waals surface area contributed by atoms with E-state index in [9.17, 15) is 4.79 Å². The Morgan fingerprint density at radius 3 is 2.88 bits per heavy atom. The van der Waals surface area contributed by atoms with Crippen LogP contribution in [0, 0.1) is 6.92 Å². The van der Waals surface area contributed by atoms with Crippen molar-refractivity contribution in [2.75, 3.05) is 32.7 Å². The third-order valence-electron chi connectivity index (χ3n) is 2.15. The number of aryl methyl sites for hydroxylation is 1. The normalized spacial score (nSPS) is 10.4. The molecule has 0 aliphatic rings. The summed E-state index contributed by atoms with van der Waals surface area (Å²) >= 11 is 5.64. The van der Waals surface area contributed by atoms with Gasteiger partial charge in [0.1, 0.15) is 0 Å². The third-order valence-corrected chi connectivity index (χ3v) is 2.32. The fourth-order valence-electron chi connectivity index (χ4n) is 1.27. The van der Waals surface area contributed by atoms with Gasteiger partial charge in [-0.1, -0.05) is 0 Å². The number of carbonyl (C=O) groups is 1. The third kappa shape index (κ3) is 3.21. The Balaban J connectivity index is 2.70. The number of halogens is 1. The highest BCUT2D eigenvalue weighted by molar-refractivity contribution is 6.18. The van der Waals surface area contributed by atoms with Crippen molar-refractivity contribution in [3.63, 3.8) is 0 Å². The van der Waals surface area contributed by atoms with Gasteiger partial charge in [0.25, 0.3) is 5.91 Å². The average Bonchev–Trinajstić information content (AvgIpc) is 2.69. The summed E-state index contributed by atoms with van der Waals surface area (Å²) in [6, 6.07) is 0. The van der Waals surface area contributed by atoms with Crippen LogP contribution in [-0.2, 0) is 4.74 Å². The van der Waals surface area contributed by atoms with Crippen molar-refractivity contribution >= 4 is 17.5 Å². The van der Waals surface area contributed by atoms with Gasteiger partial charge in [0.2, 0.25) is 5.76 Å². The average molecular weight is 247 g/mol. The minimum absolute atomic E-state index is 0.201. The summed E-state index contributed by atoms with van der Waals surface area (Å²) in [7, 11) is 1.59. The number of ether oxygens (including phenoxy) is 1. The van der Waals surface area contributed by atoms with E-state index in [1.54, 1.807) is 18.9 Å². The number of hydrogen-bond acceptors (Lipinski definition) is 4. The first-order valence-corrected chi connectivity index (χ1v) is 5.48. The lowest BCUT2D eigenvalue weighted by Gasteiger charge is -2.19. The molecular formula is C10H15ClN2O3. The number of aromatic nitrogens is 1. The zero-order valence-electron chi connectivity index (χ0n) is 9.40. The quantitative estimate of drug-likeness (QED) is 0.711. The Bertz CT molecular complexity index is 341. The molecule has 0 fully saturated rings. The maximum atomic E-state index is 12.0. The molecule has 0 N–H and O–H groups in total. The van der Waals surface area contributed by atoms with Crippen molar-refractivity contribution in [1.29, 1.82) is 0 Å². The number of rotatable bonds is 6. The summed E-state index contributed by atoms with van der Waals surface area (Å²) in [6.45, 7) is 3.15. The van der Waals surface area contributed by atoms with Crippen LogP contribution in [0.1, 0.15) is 16.2 Å². The highest BCUT2D eigenvalue weighted by atomic mass is 35.5. The molecule has 0 aromatic carbocycles. The van der Waals surface area contributed by atoms with Crippen molar-refractivity contribution in [2.24, 2.45) is 0 Å². The van der Waals surface area contributed by atoms with E-state index >= 15 is 0 Å². The summed E-state index contributed by atoms with van der Waals surface area (Å²) in [6.07, 6.45) is 1.26. The predicted molar refractivity (Wildman–Crippen MR) is 59.7 cm³/mol. The molecule has 1 aromatic rings. The Morgan fingerprint density at radius 1 is 1.62 bits per heavy atom. The van der Waals surface area contributed by atoms with E-state index in [0.717, 1.165) is 0 Å². The summed E-state index contributed by atoms with van der Waals surface area (Å²) in [4.78, 5) is 17.5. The van der Waals surface area contributed by atoms with Gasteiger partial charge in [-0.05, 0) is 6.92 Å². The molecular weight excluding hydrogens is 232 g/mol. The molecule has 6 heteroatoms.